The van der Waals surface area contributed by atoms with Crippen LogP contribution in [0.2, 0.25) is 0 Å². The van der Waals surface area contributed by atoms with E-state index in [1.807, 2.05) is 6.07 Å². The first-order chi connectivity index (χ1) is 10.7. The molecule has 5 heteroatoms. The zero-order valence-corrected chi connectivity index (χ0v) is 11.6. The SMILES string of the molecule is O=C(C(=O)N1C(=O)OC[C@@H]1c1ccccc1)c1ccccc1. The third kappa shape index (κ3) is 2.48. The monoisotopic (exact) mass is 295 g/mol. The molecule has 1 fully saturated rings. The number of ketones is 1. The number of hydrogen-bond acceptors (Lipinski definition) is 4. The van der Waals surface area contributed by atoms with Crippen molar-refractivity contribution in [1.82, 2.24) is 4.90 Å². The molecule has 2 aromatic rings. The molecule has 1 heterocycles. The van der Waals surface area contributed by atoms with Gasteiger partial charge < -0.3 is 4.74 Å². The van der Waals surface area contributed by atoms with Gasteiger partial charge in [-0.15, -0.1) is 0 Å². The molecule has 1 aliphatic rings. The molecule has 0 saturated carbocycles. The predicted octanol–water partition coefficient (Wildman–Crippen LogP) is 2.59. The maximum atomic E-state index is 12.4. The van der Waals surface area contributed by atoms with Gasteiger partial charge in [0.1, 0.15) is 12.6 Å². The molecule has 0 spiro atoms. The lowest BCUT2D eigenvalue weighted by molar-refractivity contribution is -0.124. The second-order valence-electron chi connectivity index (χ2n) is 4.87. The number of Topliss-reactive ketones (excluding diaryl/α,β-unsaturated/α-hetero) is 1. The van der Waals surface area contributed by atoms with Crippen LogP contribution in [0, 0.1) is 0 Å². The minimum absolute atomic E-state index is 0.0522. The van der Waals surface area contributed by atoms with Crippen molar-refractivity contribution in [2.24, 2.45) is 0 Å². The molecular weight excluding hydrogens is 282 g/mol. The third-order valence-corrected chi connectivity index (χ3v) is 3.51. The molecule has 2 amide bonds. The highest BCUT2D eigenvalue weighted by Crippen LogP contribution is 2.28. The number of ether oxygens (including phenoxy) is 1. The Morgan fingerprint density at radius 2 is 1.55 bits per heavy atom. The first kappa shape index (κ1) is 14.0. The molecule has 0 unspecified atom stereocenters. The number of hydrogen-bond donors (Lipinski definition) is 0. The highest BCUT2D eigenvalue weighted by Gasteiger charge is 2.41. The van der Waals surface area contributed by atoms with E-state index in [0.29, 0.717) is 0 Å². The minimum Gasteiger partial charge on any atom is -0.446 e. The molecule has 22 heavy (non-hydrogen) atoms. The van der Waals surface area contributed by atoms with Crippen molar-refractivity contribution in [1.29, 1.82) is 0 Å². The topological polar surface area (TPSA) is 63.7 Å². The number of nitrogens with zero attached hydrogens (tertiary/aromatic N) is 1. The van der Waals surface area contributed by atoms with Crippen LogP contribution >= 0.6 is 0 Å². The Morgan fingerprint density at radius 1 is 0.955 bits per heavy atom. The second-order valence-corrected chi connectivity index (χ2v) is 4.87. The molecule has 0 radical (unpaired) electrons. The summed E-state index contributed by atoms with van der Waals surface area (Å²) in [6, 6.07) is 16.6. The molecule has 110 valence electrons. The minimum atomic E-state index is -0.873. The summed E-state index contributed by atoms with van der Waals surface area (Å²) >= 11 is 0. The smallest absolute Gasteiger partial charge is 0.417 e. The number of carbonyl (C=O) groups is 3. The Hall–Kier alpha value is -2.95. The lowest BCUT2D eigenvalue weighted by Crippen LogP contribution is -2.39. The third-order valence-electron chi connectivity index (χ3n) is 3.51. The van der Waals surface area contributed by atoms with Gasteiger partial charge in [0.05, 0.1) is 0 Å². The Balaban J connectivity index is 1.89. The summed E-state index contributed by atoms with van der Waals surface area (Å²) < 4.78 is 4.95. The van der Waals surface area contributed by atoms with Crippen molar-refractivity contribution < 1.29 is 19.1 Å². The van der Waals surface area contributed by atoms with Crippen molar-refractivity contribution in [3.8, 4) is 0 Å². The van der Waals surface area contributed by atoms with E-state index >= 15 is 0 Å². The van der Waals surface area contributed by atoms with E-state index in [1.165, 1.54) is 0 Å². The summed E-state index contributed by atoms with van der Waals surface area (Å²) in [7, 11) is 0. The molecule has 1 aliphatic heterocycles. The lowest BCUT2D eigenvalue weighted by atomic mass is 10.1. The van der Waals surface area contributed by atoms with Gasteiger partial charge in [0.15, 0.2) is 0 Å². The van der Waals surface area contributed by atoms with E-state index < -0.39 is 23.8 Å². The van der Waals surface area contributed by atoms with Gasteiger partial charge in [-0.05, 0) is 5.56 Å². The summed E-state index contributed by atoms with van der Waals surface area (Å²) in [6.07, 6.45) is -0.789. The van der Waals surface area contributed by atoms with E-state index in [4.69, 9.17) is 4.74 Å². The first-order valence-corrected chi connectivity index (χ1v) is 6.83. The van der Waals surface area contributed by atoms with Gasteiger partial charge in [-0.25, -0.2) is 9.69 Å². The standard InChI is InChI=1S/C17H13NO4/c19-15(13-9-5-2-6-10-13)16(20)18-14(11-22-17(18)21)12-7-3-1-4-8-12/h1-10,14H,11H2/t14-/m1/s1. The van der Waals surface area contributed by atoms with Gasteiger partial charge in [-0.3, -0.25) is 9.59 Å². The zero-order chi connectivity index (χ0) is 15.5. The van der Waals surface area contributed by atoms with Crippen LogP contribution in [0.4, 0.5) is 4.79 Å². The molecule has 0 bridgehead atoms. The first-order valence-electron chi connectivity index (χ1n) is 6.83. The fourth-order valence-corrected chi connectivity index (χ4v) is 2.39. The average Bonchev–Trinajstić information content (AvgIpc) is 2.96. The zero-order valence-electron chi connectivity index (χ0n) is 11.6. The fraction of sp³-hybridized carbons (Fsp3) is 0.118. The van der Waals surface area contributed by atoms with Gasteiger partial charge in [-0.2, -0.15) is 0 Å². The molecule has 0 aliphatic carbocycles. The van der Waals surface area contributed by atoms with E-state index in [-0.39, 0.29) is 12.2 Å². The van der Waals surface area contributed by atoms with Crippen LogP contribution in [0.1, 0.15) is 22.0 Å². The number of cyclic esters (lactones) is 1. The van der Waals surface area contributed by atoms with Crippen LogP contribution in [-0.2, 0) is 9.53 Å². The number of benzene rings is 2. The summed E-state index contributed by atoms with van der Waals surface area (Å²) in [5.74, 6) is -1.59. The van der Waals surface area contributed by atoms with Crippen LogP contribution in [-0.4, -0.2) is 29.3 Å². The van der Waals surface area contributed by atoms with Gasteiger partial charge in [0, 0.05) is 5.56 Å². The predicted molar refractivity (Wildman–Crippen MR) is 78.1 cm³/mol. The van der Waals surface area contributed by atoms with E-state index in [0.717, 1.165) is 10.5 Å². The molecular formula is C17H13NO4. The summed E-state index contributed by atoms with van der Waals surface area (Å²) in [4.78, 5) is 37.4. The molecule has 5 nitrogen and oxygen atoms in total. The van der Waals surface area contributed by atoms with E-state index in [1.54, 1.807) is 54.6 Å². The van der Waals surface area contributed by atoms with Crippen LogP contribution in [0.15, 0.2) is 60.7 Å². The van der Waals surface area contributed by atoms with Crippen LogP contribution < -0.4 is 0 Å². The molecule has 0 aromatic heterocycles. The summed E-state index contributed by atoms with van der Waals surface area (Å²) in [5.41, 5.74) is 1.00. The number of amides is 2. The maximum absolute atomic E-state index is 12.4. The van der Waals surface area contributed by atoms with Crippen molar-refractivity contribution in [2.75, 3.05) is 6.61 Å². The van der Waals surface area contributed by atoms with E-state index in [9.17, 15) is 14.4 Å². The lowest BCUT2D eigenvalue weighted by Gasteiger charge is -2.19. The quantitative estimate of drug-likeness (QED) is 0.645. The molecule has 1 saturated heterocycles. The van der Waals surface area contributed by atoms with Gasteiger partial charge in [-0.1, -0.05) is 60.7 Å². The van der Waals surface area contributed by atoms with Crippen LogP contribution in [0.3, 0.4) is 0 Å². The fourth-order valence-electron chi connectivity index (χ4n) is 2.39. The number of rotatable bonds is 3. The van der Waals surface area contributed by atoms with Crippen molar-refractivity contribution in [3.63, 3.8) is 0 Å². The molecule has 1 atom stereocenters. The van der Waals surface area contributed by atoms with Crippen molar-refractivity contribution in [3.05, 3.63) is 71.8 Å². The highest BCUT2D eigenvalue weighted by atomic mass is 16.6. The normalized spacial score (nSPS) is 17.2. The van der Waals surface area contributed by atoms with E-state index in [2.05, 4.69) is 0 Å². The molecule has 0 N–H and O–H groups in total. The molecule has 2 aromatic carbocycles. The van der Waals surface area contributed by atoms with Crippen molar-refractivity contribution >= 4 is 17.8 Å². The Kier molecular flexibility index (Phi) is 3.70. The summed E-state index contributed by atoms with van der Waals surface area (Å²) in [5, 5.41) is 0. The van der Waals surface area contributed by atoms with Crippen LogP contribution in [0.25, 0.3) is 0 Å². The molecule has 3 rings (SSSR count). The Labute approximate surface area is 127 Å². The number of imide groups is 1. The largest absolute Gasteiger partial charge is 0.446 e. The van der Waals surface area contributed by atoms with Gasteiger partial charge >= 0.3 is 12.0 Å². The maximum Gasteiger partial charge on any atom is 0.417 e. The summed E-state index contributed by atoms with van der Waals surface area (Å²) in [6.45, 7) is 0.0522. The van der Waals surface area contributed by atoms with Gasteiger partial charge in [0.2, 0.25) is 0 Å². The Morgan fingerprint density at radius 3 is 2.18 bits per heavy atom. The Bertz CT molecular complexity index is 712. The van der Waals surface area contributed by atoms with Crippen molar-refractivity contribution in [2.45, 2.75) is 6.04 Å². The van der Waals surface area contributed by atoms with Crippen LogP contribution in [0.5, 0.6) is 0 Å². The number of carbonyl (C=O) groups excluding carboxylic acids is 3. The second kappa shape index (κ2) is 5.81. The van der Waals surface area contributed by atoms with Gasteiger partial charge in [0.25, 0.3) is 5.78 Å². The average molecular weight is 295 g/mol. The highest BCUT2D eigenvalue weighted by molar-refractivity contribution is 6.44.